The van der Waals surface area contributed by atoms with E-state index in [1.54, 1.807) is 0 Å². The first-order chi connectivity index (χ1) is 15.6. The predicted molar refractivity (Wildman–Crippen MR) is 135 cm³/mol. The summed E-state index contributed by atoms with van der Waals surface area (Å²) in [6.07, 6.45) is 0.932. The Hall–Kier alpha value is -2.76. The lowest BCUT2D eigenvalue weighted by molar-refractivity contribution is 0.0953. The number of para-hydroxylation sites is 1. The molecular formula is C27H32N2O2S. The van der Waals surface area contributed by atoms with E-state index < -0.39 is 0 Å². The Morgan fingerprint density at radius 2 is 1.75 bits per heavy atom. The molecule has 0 radical (unpaired) electrons. The fourth-order valence-corrected chi connectivity index (χ4v) is 4.14. The molecule has 3 aromatic carbocycles. The van der Waals surface area contributed by atoms with E-state index in [1.807, 2.05) is 80.5 Å². The van der Waals surface area contributed by atoms with Crippen LogP contribution in [0.3, 0.4) is 0 Å². The van der Waals surface area contributed by atoms with Crippen molar-refractivity contribution in [2.45, 2.75) is 12.2 Å². The zero-order valence-electron chi connectivity index (χ0n) is 18.9. The second-order valence-electron chi connectivity index (χ2n) is 7.87. The number of nitrogens with zero attached hydrogens (tertiary/aromatic N) is 1. The third-order valence-electron chi connectivity index (χ3n) is 4.99. The zero-order chi connectivity index (χ0) is 22.6. The van der Waals surface area contributed by atoms with Gasteiger partial charge in [-0.05, 0) is 62.0 Å². The molecule has 0 bridgehead atoms. The van der Waals surface area contributed by atoms with Gasteiger partial charge in [0.25, 0.3) is 5.91 Å². The lowest BCUT2D eigenvalue weighted by Gasteiger charge is -2.13. The van der Waals surface area contributed by atoms with E-state index in [1.165, 1.54) is 5.56 Å². The number of carbonyl (C=O) groups excluding carboxylic acids is 1. The summed E-state index contributed by atoms with van der Waals surface area (Å²) in [6, 6.07) is 26.2. The molecule has 5 heteroatoms. The van der Waals surface area contributed by atoms with Crippen molar-refractivity contribution in [2.75, 3.05) is 39.5 Å². The number of carbonyl (C=O) groups is 1. The largest absolute Gasteiger partial charge is 0.493 e. The number of ether oxygens (including phenoxy) is 1. The van der Waals surface area contributed by atoms with Gasteiger partial charge in [0.15, 0.2) is 0 Å². The molecule has 0 aromatic heterocycles. The van der Waals surface area contributed by atoms with Gasteiger partial charge in [-0.25, -0.2) is 0 Å². The van der Waals surface area contributed by atoms with Crippen LogP contribution in [0.25, 0.3) is 11.1 Å². The summed E-state index contributed by atoms with van der Waals surface area (Å²) in [5.41, 5.74) is 4.01. The SMILES string of the molecule is CN(C)CCCNC(=O)c1ccccc1-c1cccc(CSCCOc2ccccc2)c1. The number of amides is 1. The van der Waals surface area contributed by atoms with E-state index in [9.17, 15) is 4.79 Å². The van der Waals surface area contributed by atoms with Crippen molar-refractivity contribution < 1.29 is 9.53 Å². The number of benzene rings is 3. The van der Waals surface area contributed by atoms with Gasteiger partial charge in [0, 0.05) is 23.6 Å². The Labute approximate surface area is 196 Å². The molecule has 0 spiro atoms. The van der Waals surface area contributed by atoms with Crippen molar-refractivity contribution in [3.63, 3.8) is 0 Å². The lowest BCUT2D eigenvalue weighted by Crippen LogP contribution is -2.27. The van der Waals surface area contributed by atoms with Crippen LogP contribution in [-0.4, -0.2) is 50.4 Å². The van der Waals surface area contributed by atoms with Crippen molar-refractivity contribution in [1.29, 1.82) is 0 Å². The molecule has 3 aromatic rings. The van der Waals surface area contributed by atoms with Crippen molar-refractivity contribution in [3.05, 3.63) is 90.0 Å². The molecule has 0 atom stereocenters. The van der Waals surface area contributed by atoms with E-state index in [2.05, 4.69) is 34.5 Å². The summed E-state index contributed by atoms with van der Waals surface area (Å²) in [7, 11) is 4.08. The van der Waals surface area contributed by atoms with Crippen molar-refractivity contribution in [1.82, 2.24) is 10.2 Å². The first-order valence-corrected chi connectivity index (χ1v) is 12.2. The standard InChI is InChI=1S/C27H32N2O2S/c1-29(2)17-9-16-28-27(30)26-15-7-6-14-25(26)23-11-8-10-22(20-23)21-32-19-18-31-24-12-4-3-5-13-24/h3-8,10-15,20H,9,16-19,21H2,1-2H3,(H,28,30). The van der Waals surface area contributed by atoms with Crippen LogP contribution in [0.4, 0.5) is 0 Å². The summed E-state index contributed by atoms with van der Waals surface area (Å²) in [5.74, 6) is 2.72. The van der Waals surface area contributed by atoms with E-state index in [-0.39, 0.29) is 5.91 Å². The van der Waals surface area contributed by atoms with Crippen LogP contribution in [0.1, 0.15) is 22.3 Å². The summed E-state index contributed by atoms with van der Waals surface area (Å²) in [5, 5.41) is 3.06. The molecule has 0 fully saturated rings. The maximum atomic E-state index is 12.8. The van der Waals surface area contributed by atoms with Gasteiger partial charge in [0.05, 0.1) is 6.61 Å². The van der Waals surface area contributed by atoms with E-state index in [0.29, 0.717) is 13.2 Å². The summed E-state index contributed by atoms with van der Waals surface area (Å²) in [6.45, 7) is 2.32. The summed E-state index contributed by atoms with van der Waals surface area (Å²) < 4.78 is 5.76. The van der Waals surface area contributed by atoms with Crippen LogP contribution in [0, 0.1) is 0 Å². The van der Waals surface area contributed by atoms with Gasteiger partial charge in [-0.3, -0.25) is 4.79 Å². The minimum Gasteiger partial charge on any atom is -0.493 e. The molecule has 3 rings (SSSR count). The molecule has 0 aliphatic heterocycles. The van der Waals surface area contributed by atoms with Crippen LogP contribution < -0.4 is 10.1 Å². The van der Waals surface area contributed by atoms with Crippen LogP contribution in [0.2, 0.25) is 0 Å². The molecule has 32 heavy (non-hydrogen) atoms. The van der Waals surface area contributed by atoms with Crippen molar-refractivity contribution in [2.24, 2.45) is 0 Å². The second-order valence-corrected chi connectivity index (χ2v) is 8.98. The van der Waals surface area contributed by atoms with Gasteiger partial charge in [0.2, 0.25) is 0 Å². The van der Waals surface area contributed by atoms with Gasteiger partial charge < -0.3 is 15.0 Å². The number of nitrogens with one attached hydrogen (secondary N) is 1. The number of hydrogen-bond acceptors (Lipinski definition) is 4. The molecule has 0 aliphatic carbocycles. The average molecular weight is 449 g/mol. The minimum atomic E-state index is -0.0165. The lowest BCUT2D eigenvalue weighted by atomic mass is 9.98. The van der Waals surface area contributed by atoms with Crippen LogP contribution in [0.15, 0.2) is 78.9 Å². The van der Waals surface area contributed by atoms with Crippen LogP contribution in [0.5, 0.6) is 5.75 Å². The maximum Gasteiger partial charge on any atom is 0.251 e. The first-order valence-electron chi connectivity index (χ1n) is 11.0. The molecule has 1 N–H and O–H groups in total. The summed E-state index contributed by atoms with van der Waals surface area (Å²) >= 11 is 1.85. The molecule has 0 aliphatic rings. The Bertz CT molecular complexity index is 976. The average Bonchev–Trinajstić information content (AvgIpc) is 2.82. The fourth-order valence-electron chi connectivity index (χ4n) is 3.38. The molecule has 1 amide bonds. The van der Waals surface area contributed by atoms with Crippen molar-refractivity contribution >= 4 is 17.7 Å². The van der Waals surface area contributed by atoms with Gasteiger partial charge in [-0.1, -0.05) is 60.7 Å². The topological polar surface area (TPSA) is 41.6 Å². The second kappa shape index (κ2) is 12.9. The smallest absolute Gasteiger partial charge is 0.251 e. The highest BCUT2D eigenvalue weighted by molar-refractivity contribution is 7.98. The molecule has 0 saturated carbocycles. The monoisotopic (exact) mass is 448 g/mol. The highest BCUT2D eigenvalue weighted by Crippen LogP contribution is 2.26. The normalized spacial score (nSPS) is 10.8. The minimum absolute atomic E-state index is 0.0165. The molecule has 168 valence electrons. The zero-order valence-corrected chi connectivity index (χ0v) is 19.7. The van der Waals surface area contributed by atoms with Crippen LogP contribution in [-0.2, 0) is 5.75 Å². The van der Waals surface area contributed by atoms with E-state index >= 15 is 0 Å². The Morgan fingerprint density at radius 3 is 2.56 bits per heavy atom. The highest BCUT2D eigenvalue weighted by Gasteiger charge is 2.12. The molecule has 0 unspecified atom stereocenters. The number of rotatable bonds is 12. The molecule has 0 heterocycles. The van der Waals surface area contributed by atoms with Crippen molar-refractivity contribution in [3.8, 4) is 16.9 Å². The predicted octanol–water partition coefficient (Wildman–Crippen LogP) is 5.35. The maximum absolute atomic E-state index is 12.8. The number of hydrogen-bond donors (Lipinski definition) is 1. The van der Waals surface area contributed by atoms with E-state index in [0.717, 1.165) is 46.9 Å². The number of thioether (sulfide) groups is 1. The highest BCUT2D eigenvalue weighted by atomic mass is 32.2. The van der Waals surface area contributed by atoms with Gasteiger partial charge in [-0.2, -0.15) is 11.8 Å². The summed E-state index contributed by atoms with van der Waals surface area (Å²) in [4.78, 5) is 14.9. The molecular weight excluding hydrogens is 416 g/mol. The first kappa shape index (κ1) is 23.9. The Kier molecular flexibility index (Phi) is 9.66. The third-order valence-corrected chi connectivity index (χ3v) is 5.98. The molecule has 4 nitrogen and oxygen atoms in total. The third kappa shape index (κ3) is 7.74. The van der Waals surface area contributed by atoms with Gasteiger partial charge >= 0.3 is 0 Å². The quantitative estimate of drug-likeness (QED) is 0.379. The Balaban J connectivity index is 1.55. The van der Waals surface area contributed by atoms with E-state index in [4.69, 9.17) is 4.74 Å². The van der Waals surface area contributed by atoms with Gasteiger partial charge in [-0.15, -0.1) is 0 Å². The Morgan fingerprint density at radius 1 is 0.969 bits per heavy atom. The molecule has 0 saturated heterocycles. The fraction of sp³-hybridized carbons (Fsp3) is 0.296. The van der Waals surface area contributed by atoms with Crippen LogP contribution >= 0.6 is 11.8 Å². The van der Waals surface area contributed by atoms with Gasteiger partial charge in [0.1, 0.15) is 5.75 Å².